The number of rotatable bonds is 2. The maximum Gasteiger partial charge on any atom is 0.138 e. The molecule has 0 aliphatic carbocycles. The van der Waals surface area contributed by atoms with E-state index in [0.717, 1.165) is 23.9 Å². The van der Waals surface area contributed by atoms with Crippen molar-refractivity contribution in [2.45, 2.75) is 19.8 Å². The molecule has 0 aromatic carbocycles. The molecule has 0 N–H and O–H groups in total. The standard InChI is InChI=1S/C9H16INO/c1-8(12)9(6-10)4-3-5-11(2)7-9/h3-7H2,1-2H3. The van der Waals surface area contributed by atoms with Crippen LogP contribution in [0.2, 0.25) is 0 Å². The number of carbonyl (C=O) groups excluding carboxylic acids is 1. The molecule has 0 bridgehead atoms. The Morgan fingerprint density at radius 3 is 2.67 bits per heavy atom. The molecule has 0 spiro atoms. The molecule has 70 valence electrons. The van der Waals surface area contributed by atoms with Gasteiger partial charge in [0.2, 0.25) is 0 Å². The molecule has 3 heteroatoms. The molecule has 1 aliphatic heterocycles. The predicted octanol–water partition coefficient (Wildman–Crippen LogP) is 1.72. The number of hydrogen-bond donors (Lipinski definition) is 0. The van der Waals surface area contributed by atoms with Crippen LogP contribution in [0.3, 0.4) is 0 Å². The molecule has 1 aliphatic rings. The first-order valence-corrected chi connectivity index (χ1v) is 5.89. The number of hydrogen-bond acceptors (Lipinski definition) is 2. The first kappa shape index (κ1) is 10.4. The lowest BCUT2D eigenvalue weighted by atomic mass is 9.79. The Kier molecular flexibility index (Phi) is 3.52. The van der Waals surface area contributed by atoms with Gasteiger partial charge < -0.3 is 4.90 Å². The quantitative estimate of drug-likeness (QED) is 0.567. The first-order valence-electron chi connectivity index (χ1n) is 4.36. The highest BCUT2D eigenvalue weighted by Gasteiger charge is 2.37. The second kappa shape index (κ2) is 4.05. The summed E-state index contributed by atoms with van der Waals surface area (Å²) in [6, 6.07) is 0. The Morgan fingerprint density at radius 1 is 1.67 bits per heavy atom. The maximum absolute atomic E-state index is 11.5. The van der Waals surface area contributed by atoms with Crippen LogP contribution in [-0.2, 0) is 4.79 Å². The number of Topliss-reactive ketones (excluding diaryl/α,β-unsaturated/α-hetero) is 1. The van der Waals surface area contributed by atoms with E-state index in [4.69, 9.17) is 0 Å². The smallest absolute Gasteiger partial charge is 0.138 e. The third-order valence-electron chi connectivity index (χ3n) is 2.77. The summed E-state index contributed by atoms with van der Waals surface area (Å²) in [5, 5.41) is 0. The molecule has 1 fully saturated rings. The second-order valence-electron chi connectivity index (χ2n) is 3.81. The minimum atomic E-state index is -0.0342. The molecule has 1 saturated heterocycles. The SMILES string of the molecule is CC(=O)C1(CI)CCCN(C)C1. The molecule has 1 rings (SSSR count). The van der Waals surface area contributed by atoms with Crippen molar-refractivity contribution in [3.05, 3.63) is 0 Å². The fraction of sp³-hybridized carbons (Fsp3) is 0.889. The van der Waals surface area contributed by atoms with Crippen LogP contribution in [-0.4, -0.2) is 35.2 Å². The van der Waals surface area contributed by atoms with Crippen LogP contribution >= 0.6 is 22.6 Å². The fourth-order valence-corrected chi connectivity index (χ4v) is 3.01. The van der Waals surface area contributed by atoms with Crippen LogP contribution in [0.15, 0.2) is 0 Å². The summed E-state index contributed by atoms with van der Waals surface area (Å²) in [5.74, 6) is 0.364. The molecule has 1 atom stereocenters. The highest BCUT2D eigenvalue weighted by molar-refractivity contribution is 14.1. The van der Waals surface area contributed by atoms with Gasteiger partial charge in [0.05, 0.1) is 5.41 Å². The summed E-state index contributed by atoms with van der Waals surface area (Å²) in [6.07, 6.45) is 2.24. The average Bonchev–Trinajstić information content (AvgIpc) is 2.04. The lowest BCUT2D eigenvalue weighted by molar-refractivity contribution is -0.127. The Balaban J connectivity index is 2.71. The summed E-state index contributed by atoms with van der Waals surface area (Å²) in [4.78, 5) is 13.7. The van der Waals surface area contributed by atoms with Crippen molar-refractivity contribution < 1.29 is 4.79 Å². The van der Waals surface area contributed by atoms with E-state index < -0.39 is 0 Å². The molecule has 1 unspecified atom stereocenters. The van der Waals surface area contributed by atoms with Gasteiger partial charge in [-0.1, -0.05) is 22.6 Å². The number of likely N-dealkylation sites (tertiary alicyclic amines) is 1. The van der Waals surface area contributed by atoms with E-state index in [1.54, 1.807) is 6.92 Å². The van der Waals surface area contributed by atoms with E-state index >= 15 is 0 Å². The molecular weight excluding hydrogens is 265 g/mol. The third-order valence-corrected chi connectivity index (χ3v) is 4.23. The van der Waals surface area contributed by atoms with Crippen LogP contribution in [0.4, 0.5) is 0 Å². The molecule has 0 saturated carbocycles. The largest absolute Gasteiger partial charge is 0.305 e. The van der Waals surface area contributed by atoms with Crippen LogP contribution in [0.25, 0.3) is 0 Å². The lowest BCUT2D eigenvalue weighted by Gasteiger charge is -2.38. The zero-order chi connectivity index (χ0) is 9.19. The number of alkyl halides is 1. The Hall–Kier alpha value is 0.360. The molecule has 0 aromatic heterocycles. The normalized spacial score (nSPS) is 31.9. The molecular formula is C9H16INO. The van der Waals surface area contributed by atoms with Gasteiger partial charge in [0.1, 0.15) is 5.78 Å². The van der Waals surface area contributed by atoms with Crippen molar-refractivity contribution in [3.63, 3.8) is 0 Å². The van der Waals surface area contributed by atoms with Gasteiger partial charge in [0, 0.05) is 11.0 Å². The summed E-state index contributed by atoms with van der Waals surface area (Å²) < 4.78 is 0.963. The Morgan fingerprint density at radius 2 is 2.33 bits per heavy atom. The molecule has 0 amide bonds. The van der Waals surface area contributed by atoms with Crippen molar-refractivity contribution in [3.8, 4) is 0 Å². The number of piperidine rings is 1. The molecule has 12 heavy (non-hydrogen) atoms. The Bertz CT molecular complexity index is 183. The molecule has 2 nitrogen and oxygen atoms in total. The van der Waals surface area contributed by atoms with E-state index in [2.05, 4.69) is 34.5 Å². The molecule has 1 heterocycles. The monoisotopic (exact) mass is 281 g/mol. The van der Waals surface area contributed by atoms with E-state index in [9.17, 15) is 4.79 Å². The van der Waals surface area contributed by atoms with Gasteiger partial charge in [0.15, 0.2) is 0 Å². The fourth-order valence-electron chi connectivity index (χ4n) is 1.85. The van der Waals surface area contributed by atoms with Gasteiger partial charge in [-0.15, -0.1) is 0 Å². The van der Waals surface area contributed by atoms with Crippen molar-refractivity contribution in [2.75, 3.05) is 24.6 Å². The highest BCUT2D eigenvalue weighted by atomic mass is 127. The number of ketones is 1. The van der Waals surface area contributed by atoms with Crippen LogP contribution in [0.1, 0.15) is 19.8 Å². The third kappa shape index (κ3) is 1.99. The summed E-state index contributed by atoms with van der Waals surface area (Å²) in [6.45, 7) is 3.83. The summed E-state index contributed by atoms with van der Waals surface area (Å²) in [5.41, 5.74) is -0.0342. The zero-order valence-electron chi connectivity index (χ0n) is 7.77. The van der Waals surface area contributed by atoms with Crippen molar-refractivity contribution in [2.24, 2.45) is 5.41 Å². The van der Waals surface area contributed by atoms with Gasteiger partial charge in [-0.25, -0.2) is 0 Å². The minimum Gasteiger partial charge on any atom is -0.305 e. The first-order chi connectivity index (χ1) is 5.60. The van der Waals surface area contributed by atoms with Crippen molar-refractivity contribution in [1.29, 1.82) is 0 Å². The molecule has 0 radical (unpaired) electrons. The number of halogens is 1. The van der Waals surface area contributed by atoms with Crippen molar-refractivity contribution in [1.82, 2.24) is 4.90 Å². The zero-order valence-corrected chi connectivity index (χ0v) is 9.93. The van der Waals surface area contributed by atoms with E-state index in [-0.39, 0.29) is 5.41 Å². The van der Waals surface area contributed by atoms with Gasteiger partial charge in [0.25, 0.3) is 0 Å². The molecule has 0 aromatic rings. The number of nitrogens with zero attached hydrogens (tertiary/aromatic N) is 1. The van der Waals surface area contributed by atoms with E-state index in [1.165, 1.54) is 6.42 Å². The second-order valence-corrected chi connectivity index (χ2v) is 4.57. The van der Waals surface area contributed by atoms with Crippen molar-refractivity contribution >= 4 is 28.4 Å². The van der Waals surface area contributed by atoms with Crippen LogP contribution < -0.4 is 0 Å². The van der Waals surface area contributed by atoms with E-state index in [0.29, 0.717) is 5.78 Å². The van der Waals surface area contributed by atoms with Gasteiger partial charge in [-0.05, 0) is 33.4 Å². The van der Waals surface area contributed by atoms with E-state index in [1.807, 2.05) is 0 Å². The maximum atomic E-state index is 11.5. The highest BCUT2D eigenvalue weighted by Crippen LogP contribution is 2.32. The lowest BCUT2D eigenvalue weighted by Crippen LogP contribution is -2.46. The summed E-state index contributed by atoms with van der Waals surface area (Å²) >= 11 is 2.34. The van der Waals surface area contributed by atoms with Crippen LogP contribution in [0.5, 0.6) is 0 Å². The minimum absolute atomic E-state index is 0.0342. The van der Waals surface area contributed by atoms with Gasteiger partial charge in [-0.3, -0.25) is 4.79 Å². The number of carbonyl (C=O) groups is 1. The van der Waals surface area contributed by atoms with Gasteiger partial charge in [-0.2, -0.15) is 0 Å². The predicted molar refractivity (Wildman–Crippen MR) is 58.7 cm³/mol. The summed E-state index contributed by atoms with van der Waals surface area (Å²) in [7, 11) is 2.10. The topological polar surface area (TPSA) is 20.3 Å². The Labute approximate surface area is 87.8 Å². The van der Waals surface area contributed by atoms with Crippen LogP contribution in [0, 0.1) is 5.41 Å². The van der Waals surface area contributed by atoms with Gasteiger partial charge >= 0.3 is 0 Å². The average molecular weight is 281 g/mol.